The molecule has 0 saturated carbocycles. The molecular formula is C26H46O5. The minimum Gasteiger partial charge on any atom is -0.512 e. The molecule has 0 aromatic heterocycles. The van der Waals surface area contributed by atoms with Crippen molar-refractivity contribution in [2.75, 3.05) is 0 Å². The van der Waals surface area contributed by atoms with E-state index in [0.717, 1.165) is 57.1 Å². The molecule has 0 rings (SSSR count). The van der Waals surface area contributed by atoms with Crippen molar-refractivity contribution in [1.29, 1.82) is 0 Å². The number of aliphatic hydroxyl groups excluding tert-OH is 1. The van der Waals surface area contributed by atoms with E-state index < -0.39 is 11.9 Å². The Hall–Kier alpha value is -1.78. The third-order valence-electron chi connectivity index (χ3n) is 5.36. The van der Waals surface area contributed by atoms with Crippen LogP contribution in [0.4, 0.5) is 0 Å². The number of carbonyl (C=O) groups is 2. The van der Waals surface area contributed by atoms with Gasteiger partial charge in [-0.1, -0.05) is 104 Å². The number of allylic oxidation sites excluding steroid dienone is 2. The zero-order chi connectivity index (χ0) is 23.2. The normalized spacial score (nSPS) is 12.2. The van der Waals surface area contributed by atoms with Crippen LogP contribution in [-0.2, 0) is 14.3 Å². The van der Waals surface area contributed by atoms with Crippen molar-refractivity contribution >= 4 is 11.9 Å². The van der Waals surface area contributed by atoms with Crippen LogP contribution in [0.25, 0.3) is 0 Å². The molecule has 5 heteroatoms. The number of hydrogen-bond acceptors (Lipinski definition) is 4. The molecular weight excluding hydrogens is 392 g/mol. The number of aliphatic carboxylic acids is 1. The van der Waals surface area contributed by atoms with Crippen LogP contribution in [0.15, 0.2) is 23.7 Å². The predicted molar refractivity (Wildman–Crippen MR) is 127 cm³/mol. The second-order valence-corrected chi connectivity index (χ2v) is 8.46. The lowest BCUT2D eigenvalue weighted by Gasteiger charge is -2.07. The summed E-state index contributed by atoms with van der Waals surface area (Å²) in [4.78, 5) is 23.0. The van der Waals surface area contributed by atoms with E-state index >= 15 is 0 Å². The maximum absolute atomic E-state index is 12.0. The Morgan fingerprint density at radius 3 is 1.48 bits per heavy atom. The summed E-state index contributed by atoms with van der Waals surface area (Å²) >= 11 is 0. The summed E-state index contributed by atoms with van der Waals surface area (Å²) in [5.41, 5.74) is 0. The van der Waals surface area contributed by atoms with Crippen LogP contribution < -0.4 is 0 Å². The highest BCUT2D eigenvalue weighted by molar-refractivity contribution is 5.85. The monoisotopic (exact) mass is 438 g/mol. The van der Waals surface area contributed by atoms with E-state index in [9.17, 15) is 14.7 Å². The lowest BCUT2D eigenvalue weighted by molar-refractivity contribution is -0.134. The number of hydrogen-bond donors (Lipinski definition) is 2. The molecule has 0 heterocycles. The Kier molecular flexibility index (Phi) is 20.2. The summed E-state index contributed by atoms with van der Waals surface area (Å²) in [5.74, 6) is -1.69. The van der Waals surface area contributed by atoms with Crippen molar-refractivity contribution < 1.29 is 24.5 Å². The molecule has 0 bridgehead atoms. The van der Waals surface area contributed by atoms with E-state index in [1.165, 1.54) is 57.8 Å². The molecule has 0 amide bonds. The van der Waals surface area contributed by atoms with Crippen molar-refractivity contribution in [3.63, 3.8) is 0 Å². The SMILES string of the molecule is CCCCCCCCCCCCCC(=CC(=O)O)OC(=O)C=C(O)CCCCCCC. The number of ether oxygens (including phenoxy) is 1. The third-order valence-corrected chi connectivity index (χ3v) is 5.36. The molecule has 31 heavy (non-hydrogen) atoms. The molecule has 0 spiro atoms. The first-order valence-electron chi connectivity index (χ1n) is 12.5. The molecule has 2 N–H and O–H groups in total. The average Bonchev–Trinajstić information content (AvgIpc) is 2.71. The zero-order valence-electron chi connectivity index (χ0n) is 20.0. The smallest absolute Gasteiger partial charge is 0.339 e. The summed E-state index contributed by atoms with van der Waals surface area (Å²) in [6, 6.07) is 0. The topological polar surface area (TPSA) is 83.8 Å². The van der Waals surface area contributed by atoms with Gasteiger partial charge in [0.25, 0.3) is 0 Å². The molecule has 0 atom stereocenters. The first-order chi connectivity index (χ1) is 15.0. The van der Waals surface area contributed by atoms with Crippen LogP contribution in [0.5, 0.6) is 0 Å². The van der Waals surface area contributed by atoms with Gasteiger partial charge in [0.15, 0.2) is 0 Å². The molecule has 0 fully saturated rings. The van der Waals surface area contributed by atoms with Gasteiger partial charge in [-0.25, -0.2) is 9.59 Å². The van der Waals surface area contributed by atoms with Crippen molar-refractivity contribution in [2.45, 2.75) is 129 Å². The minimum absolute atomic E-state index is 0.00846. The van der Waals surface area contributed by atoms with E-state index in [-0.39, 0.29) is 11.5 Å². The zero-order valence-corrected chi connectivity index (χ0v) is 20.0. The third kappa shape index (κ3) is 21.2. The van der Waals surface area contributed by atoms with Gasteiger partial charge in [-0.2, -0.15) is 0 Å². The van der Waals surface area contributed by atoms with Crippen LogP contribution in [-0.4, -0.2) is 22.2 Å². The molecule has 0 saturated heterocycles. The molecule has 5 nitrogen and oxygen atoms in total. The van der Waals surface area contributed by atoms with Gasteiger partial charge in [0, 0.05) is 12.8 Å². The number of carboxylic acids is 1. The molecule has 0 aliphatic carbocycles. The number of aliphatic hydroxyl groups is 1. The molecule has 0 aliphatic rings. The van der Waals surface area contributed by atoms with Crippen LogP contribution >= 0.6 is 0 Å². The lowest BCUT2D eigenvalue weighted by atomic mass is 10.0. The largest absolute Gasteiger partial charge is 0.512 e. The number of esters is 1. The van der Waals surface area contributed by atoms with Crippen LogP contribution in [0, 0.1) is 0 Å². The van der Waals surface area contributed by atoms with Crippen LogP contribution in [0.1, 0.15) is 129 Å². The Bertz CT molecular complexity index is 522. The number of carboxylic acid groups (broad SMARTS) is 1. The highest BCUT2D eigenvalue weighted by atomic mass is 16.5. The first kappa shape index (κ1) is 29.2. The van der Waals surface area contributed by atoms with Crippen molar-refractivity contribution in [2.24, 2.45) is 0 Å². The van der Waals surface area contributed by atoms with Crippen LogP contribution in [0.2, 0.25) is 0 Å². The first-order valence-corrected chi connectivity index (χ1v) is 12.5. The second kappa shape index (κ2) is 21.5. The highest BCUT2D eigenvalue weighted by Gasteiger charge is 2.09. The Morgan fingerprint density at radius 1 is 0.613 bits per heavy atom. The number of carbonyl (C=O) groups excluding carboxylic acids is 1. The van der Waals surface area contributed by atoms with E-state index in [2.05, 4.69) is 13.8 Å². The van der Waals surface area contributed by atoms with Gasteiger partial charge < -0.3 is 14.9 Å². The van der Waals surface area contributed by atoms with Gasteiger partial charge >= 0.3 is 11.9 Å². The Morgan fingerprint density at radius 2 is 1.03 bits per heavy atom. The highest BCUT2D eigenvalue weighted by Crippen LogP contribution is 2.16. The van der Waals surface area contributed by atoms with E-state index in [4.69, 9.17) is 9.84 Å². The standard InChI is InChI=1S/C26H46O5/c1-3-5-7-9-10-11-12-13-14-16-18-20-24(22-25(28)29)31-26(30)21-23(27)19-17-15-8-6-4-2/h21-22,27H,3-20H2,1-2H3,(H,28,29). The summed E-state index contributed by atoms with van der Waals surface area (Å²) in [7, 11) is 0. The Balaban J connectivity index is 4.06. The predicted octanol–water partition coefficient (Wildman–Crippen LogP) is 8.00. The fourth-order valence-corrected chi connectivity index (χ4v) is 3.53. The quantitative estimate of drug-likeness (QED) is 0.0820. The van der Waals surface area contributed by atoms with E-state index in [0.29, 0.717) is 12.8 Å². The summed E-state index contributed by atoms with van der Waals surface area (Å²) in [6.45, 7) is 4.38. The second-order valence-electron chi connectivity index (χ2n) is 8.46. The van der Waals surface area contributed by atoms with Gasteiger partial charge in [-0.15, -0.1) is 0 Å². The van der Waals surface area contributed by atoms with Crippen molar-refractivity contribution in [1.82, 2.24) is 0 Å². The molecule has 0 unspecified atom stereocenters. The molecule has 180 valence electrons. The van der Waals surface area contributed by atoms with E-state index in [1.807, 2.05) is 0 Å². The molecule has 0 radical (unpaired) electrons. The molecule has 0 aromatic carbocycles. The maximum Gasteiger partial charge on any atom is 0.339 e. The Labute approximate surface area is 190 Å². The maximum atomic E-state index is 12.0. The summed E-state index contributed by atoms with van der Waals surface area (Å²) < 4.78 is 5.17. The lowest BCUT2D eigenvalue weighted by Crippen LogP contribution is -2.05. The number of rotatable bonds is 21. The van der Waals surface area contributed by atoms with Gasteiger partial charge in [0.1, 0.15) is 5.76 Å². The van der Waals surface area contributed by atoms with Crippen molar-refractivity contribution in [3.8, 4) is 0 Å². The van der Waals surface area contributed by atoms with E-state index in [1.54, 1.807) is 0 Å². The van der Waals surface area contributed by atoms with Gasteiger partial charge in [0.05, 0.1) is 17.9 Å². The average molecular weight is 439 g/mol. The van der Waals surface area contributed by atoms with Gasteiger partial charge in [-0.3, -0.25) is 0 Å². The van der Waals surface area contributed by atoms with Crippen LogP contribution in [0.3, 0.4) is 0 Å². The van der Waals surface area contributed by atoms with Gasteiger partial charge in [0.2, 0.25) is 0 Å². The minimum atomic E-state index is -1.13. The molecule has 0 aliphatic heterocycles. The molecule has 0 aromatic rings. The fraction of sp³-hybridized carbons (Fsp3) is 0.769. The summed E-state index contributed by atoms with van der Waals surface area (Å²) in [5, 5.41) is 18.9. The fourth-order valence-electron chi connectivity index (χ4n) is 3.53. The van der Waals surface area contributed by atoms with Gasteiger partial charge in [-0.05, 0) is 12.8 Å². The number of unbranched alkanes of at least 4 members (excludes halogenated alkanes) is 14. The van der Waals surface area contributed by atoms with Crippen molar-refractivity contribution in [3.05, 3.63) is 23.7 Å². The summed E-state index contributed by atoms with van der Waals surface area (Å²) in [6.07, 6.45) is 21.4.